The van der Waals surface area contributed by atoms with Gasteiger partial charge in [0, 0.05) is 4.47 Å². The zero-order chi connectivity index (χ0) is 14.0. The van der Waals surface area contributed by atoms with Gasteiger partial charge in [-0.15, -0.1) is 0 Å². The Morgan fingerprint density at radius 2 is 1.79 bits per heavy atom. The standard InChI is InChI=1S/C16H15BrO2/c1-10-4-6-14(8-11(10)2)19-16-7-5-13(17)9-15(16)12(3)18/h4-9H,1-3H3. The molecule has 2 aromatic rings. The SMILES string of the molecule is CC(=O)c1cc(Br)ccc1Oc1ccc(C)c(C)c1. The predicted octanol–water partition coefficient (Wildman–Crippen LogP) is 5.06. The number of aryl methyl sites for hydroxylation is 2. The lowest BCUT2D eigenvalue weighted by Crippen LogP contribution is -1.97. The summed E-state index contributed by atoms with van der Waals surface area (Å²) in [6.45, 7) is 5.63. The average molecular weight is 319 g/mol. The quantitative estimate of drug-likeness (QED) is 0.739. The third kappa shape index (κ3) is 3.24. The van der Waals surface area contributed by atoms with Crippen LogP contribution in [0.2, 0.25) is 0 Å². The Morgan fingerprint density at radius 1 is 1.05 bits per heavy atom. The van der Waals surface area contributed by atoms with E-state index in [0.29, 0.717) is 11.3 Å². The molecule has 0 radical (unpaired) electrons. The molecule has 3 heteroatoms. The molecule has 0 fully saturated rings. The van der Waals surface area contributed by atoms with Crippen LogP contribution in [-0.4, -0.2) is 5.78 Å². The molecule has 0 atom stereocenters. The fourth-order valence-electron chi connectivity index (χ4n) is 1.77. The first-order valence-electron chi connectivity index (χ1n) is 6.03. The van der Waals surface area contributed by atoms with Gasteiger partial charge in [0.25, 0.3) is 0 Å². The maximum absolute atomic E-state index is 11.6. The number of benzene rings is 2. The van der Waals surface area contributed by atoms with E-state index in [0.717, 1.165) is 10.2 Å². The number of carbonyl (C=O) groups is 1. The van der Waals surface area contributed by atoms with Crippen LogP contribution in [0.25, 0.3) is 0 Å². The predicted molar refractivity (Wildman–Crippen MR) is 80.1 cm³/mol. The van der Waals surface area contributed by atoms with E-state index in [9.17, 15) is 4.79 Å². The minimum absolute atomic E-state index is 0.0138. The topological polar surface area (TPSA) is 26.3 Å². The van der Waals surface area contributed by atoms with Crippen LogP contribution in [0.15, 0.2) is 40.9 Å². The highest BCUT2D eigenvalue weighted by molar-refractivity contribution is 9.10. The van der Waals surface area contributed by atoms with Crippen LogP contribution in [-0.2, 0) is 0 Å². The Balaban J connectivity index is 2.37. The lowest BCUT2D eigenvalue weighted by atomic mass is 10.1. The summed E-state index contributed by atoms with van der Waals surface area (Å²) in [6, 6.07) is 11.3. The summed E-state index contributed by atoms with van der Waals surface area (Å²) in [5, 5.41) is 0. The molecule has 0 saturated heterocycles. The van der Waals surface area contributed by atoms with E-state index in [-0.39, 0.29) is 5.78 Å². The normalized spacial score (nSPS) is 10.3. The molecular weight excluding hydrogens is 304 g/mol. The molecule has 0 heterocycles. The van der Waals surface area contributed by atoms with E-state index in [4.69, 9.17) is 4.74 Å². The van der Waals surface area contributed by atoms with Crippen molar-refractivity contribution in [3.63, 3.8) is 0 Å². The van der Waals surface area contributed by atoms with Gasteiger partial charge in [-0.25, -0.2) is 0 Å². The van der Waals surface area contributed by atoms with E-state index in [1.165, 1.54) is 18.1 Å². The number of ether oxygens (including phenoxy) is 1. The molecule has 0 unspecified atom stereocenters. The molecule has 0 saturated carbocycles. The van der Waals surface area contributed by atoms with Crippen molar-refractivity contribution in [2.75, 3.05) is 0 Å². The van der Waals surface area contributed by atoms with Crippen molar-refractivity contribution in [2.24, 2.45) is 0 Å². The summed E-state index contributed by atoms with van der Waals surface area (Å²) >= 11 is 3.36. The summed E-state index contributed by atoms with van der Waals surface area (Å²) in [4.78, 5) is 11.6. The molecule has 0 aliphatic heterocycles. The van der Waals surface area contributed by atoms with Gasteiger partial charge >= 0.3 is 0 Å². The summed E-state index contributed by atoms with van der Waals surface area (Å²) in [7, 11) is 0. The Kier molecular flexibility index (Phi) is 4.05. The Labute approximate surface area is 121 Å². The molecule has 2 rings (SSSR count). The van der Waals surface area contributed by atoms with Gasteiger partial charge in [-0.2, -0.15) is 0 Å². The van der Waals surface area contributed by atoms with E-state index in [1.807, 2.05) is 31.2 Å². The van der Waals surface area contributed by atoms with E-state index in [2.05, 4.69) is 22.9 Å². The Bertz CT molecular complexity index is 633. The number of carbonyl (C=O) groups excluding carboxylic acids is 1. The molecule has 2 nitrogen and oxygen atoms in total. The van der Waals surface area contributed by atoms with Crippen molar-refractivity contribution in [1.29, 1.82) is 0 Å². The fourth-order valence-corrected chi connectivity index (χ4v) is 2.13. The number of Topliss-reactive ketones (excluding diaryl/α,β-unsaturated/α-hetero) is 1. The van der Waals surface area contributed by atoms with Crippen molar-refractivity contribution in [3.8, 4) is 11.5 Å². The number of rotatable bonds is 3. The van der Waals surface area contributed by atoms with Crippen molar-refractivity contribution in [3.05, 3.63) is 57.6 Å². The lowest BCUT2D eigenvalue weighted by Gasteiger charge is -2.11. The maximum Gasteiger partial charge on any atom is 0.163 e. The zero-order valence-electron chi connectivity index (χ0n) is 11.2. The molecule has 0 bridgehead atoms. The van der Waals surface area contributed by atoms with Gasteiger partial charge in [-0.1, -0.05) is 22.0 Å². The van der Waals surface area contributed by atoms with Gasteiger partial charge in [0.05, 0.1) is 5.56 Å². The minimum atomic E-state index is -0.0138. The number of hydrogen-bond acceptors (Lipinski definition) is 2. The molecule has 19 heavy (non-hydrogen) atoms. The van der Waals surface area contributed by atoms with E-state index >= 15 is 0 Å². The highest BCUT2D eigenvalue weighted by Crippen LogP contribution is 2.29. The van der Waals surface area contributed by atoms with Gasteiger partial charge in [0.1, 0.15) is 11.5 Å². The van der Waals surface area contributed by atoms with Crippen molar-refractivity contribution in [2.45, 2.75) is 20.8 Å². The highest BCUT2D eigenvalue weighted by atomic mass is 79.9. The Hall–Kier alpha value is -1.61. The van der Waals surface area contributed by atoms with Crippen LogP contribution in [0.1, 0.15) is 28.4 Å². The maximum atomic E-state index is 11.6. The largest absolute Gasteiger partial charge is 0.457 e. The summed E-state index contributed by atoms with van der Waals surface area (Å²) in [5.74, 6) is 1.31. The monoisotopic (exact) mass is 318 g/mol. The van der Waals surface area contributed by atoms with Gasteiger partial charge in [0.15, 0.2) is 5.78 Å². The number of ketones is 1. The smallest absolute Gasteiger partial charge is 0.163 e. The molecule has 0 aliphatic rings. The van der Waals surface area contributed by atoms with Gasteiger partial charge < -0.3 is 4.74 Å². The molecule has 2 aromatic carbocycles. The van der Waals surface area contributed by atoms with Crippen molar-refractivity contribution in [1.82, 2.24) is 0 Å². The van der Waals surface area contributed by atoms with Crippen LogP contribution >= 0.6 is 15.9 Å². The molecule has 0 aromatic heterocycles. The first-order valence-corrected chi connectivity index (χ1v) is 6.82. The highest BCUT2D eigenvalue weighted by Gasteiger charge is 2.10. The molecular formula is C16H15BrO2. The minimum Gasteiger partial charge on any atom is -0.457 e. The van der Waals surface area contributed by atoms with Crippen molar-refractivity contribution < 1.29 is 9.53 Å². The Morgan fingerprint density at radius 3 is 2.42 bits per heavy atom. The van der Waals surface area contributed by atoms with Crippen LogP contribution in [0.3, 0.4) is 0 Å². The van der Waals surface area contributed by atoms with E-state index < -0.39 is 0 Å². The summed E-state index contributed by atoms with van der Waals surface area (Å²) in [6.07, 6.45) is 0. The zero-order valence-corrected chi connectivity index (χ0v) is 12.7. The van der Waals surface area contributed by atoms with Gasteiger partial charge in [0.2, 0.25) is 0 Å². The lowest BCUT2D eigenvalue weighted by molar-refractivity contribution is 0.101. The molecule has 0 aliphatic carbocycles. The molecule has 0 N–H and O–H groups in total. The number of halogens is 1. The van der Waals surface area contributed by atoms with Gasteiger partial charge in [-0.3, -0.25) is 4.79 Å². The van der Waals surface area contributed by atoms with Crippen LogP contribution in [0.4, 0.5) is 0 Å². The average Bonchev–Trinajstić information content (AvgIpc) is 2.36. The molecule has 0 amide bonds. The fraction of sp³-hybridized carbons (Fsp3) is 0.188. The first kappa shape index (κ1) is 13.8. The first-order chi connectivity index (χ1) is 8.97. The van der Waals surface area contributed by atoms with E-state index in [1.54, 1.807) is 12.1 Å². The third-order valence-corrected chi connectivity index (χ3v) is 3.52. The third-order valence-electron chi connectivity index (χ3n) is 3.03. The molecule has 98 valence electrons. The second-order valence-electron chi connectivity index (χ2n) is 4.54. The number of hydrogen-bond donors (Lipinski definition) is 0. The molecule has 0 spiro atoms. The van der Waals surface area contributed by atoms with Crippen molar-refractivity contribution >= 4 is 21.7 Å². The summed E-state index contributed by atoms with van der Waals surface area (Å²) < 4.78 is 6.69. The van der Waals surface area contributed by atoms with Crippen LogP contribution in [0, 0.1) is 13.8 Å². The second-order valence-corrected chi connectivity index (χ2v) is 5.46. The second kappa shape index (κ2) is 5.57. The van der Waals surface area contributed by atoms with Gasteiger partial charge in [-0.05, 0) is 62.2 Å². The van der Waals surface area contributed by atoms with Crippen LogP contribution < -0.4 is 4.74 Å². The summed E-state index contributed by atoms with van der Waals surface area (Å²) in [5.41, 5.74) is 2.96. The van der Waals surface area contributed by atoms with Crippen LogP contribution in [0.5, 0.6) is 11.5 Å².